The third-order valence-electron chi connectivity index (χ3n) is 4.20. The average molecular weight is 261 g/mol. The Morgan fingerprint density at radius 2 is 1.89 bits per heavy atom. The van der Waals surface area contributed by atoms with Crippen molar-refractivity contribution >= 4 is 5.97 Å². The Morgan fingerprint density at radius 3 is 2.47 bits per heavy atom. The molecule has 0 spiro atoms. The second-order valence-electron chi connectivity index (χ2n) is 5.60. The Balaban J connectivity index is 1.75. The van der Waals surface area contributed by atoms with Crippen LogP contribution in [0.2, 0.25) is 0 Å². The number of hydrogen-bond acceptors (Lipinski definition) is 2. The van der Waals surface area contributed by atoms with Gasteiger partial charge < -0.3 is 10.4 Å². The van der Waals surface area contributed by atoms with Gasteiger partial charge in [0.05, 0.1) is 0 Å². The highest BCUT2D eigenvalue weighted by Gasteiger charge is 2.23. The van der Waals surface area contributed by atoms with Crippen LogP contribution in [-0.4, -0.2) is 23.7 Å². The van der Waals surface area contributed by atoms with Crippen LogP contribution in [0.1, 0.15) is 44.1 Å². The molecule has 1 aliphatic carbocycles. The molecule has 1 unspecified atom stereocenters. The number of benzene rings is 1. The minimum Gasteiger partial charge on any atom is -0.480 e. The fourth-order valence-corrected chi connectivity index (χ4v) is 2.86. The van der Waals surface area contributed by atoms with Gasteiger partial charge in [-0.05, 0) is 56.6 Å². The number of carboxylic acid groups (broad SMARTS) is 1. The number of carboxylic acids is 1. The Bertz CT molecular complexity index is 396. The molecule has 0 aromatic heterocycles. The molecular formula is C16H23NO2. The lowest BCUT2D eigenvalue weighted by atomic mass is 9.78. The summed E-state index contributed by atoms with van der Waals surface area (Å²) >= 11 is 0. The van der Waals surface area contributed by atoms with Crippen LogP contribution in [0.4, 0.5) is 0 Å². The Hall–Kier alpha value is -1.35. The summed E-state index contributed by atoms with van der Waals surface area (Å²) in [6.07, 6.45) is 4.83. The zero-order chi connectivity index (χ0) is 13.7. The molecule has 3 nitrogen and oxygen atoms in total. The number of rotatable bonds is 5. The first-order valence-electron chi connectivity index (χ1n) is 7.18. The predicted octanol–water partition coefficient (Wildman–Crippen LogP) is 3.02. The molecule has 0 amide bonds. The summed E-state index contributed by atoms with van der Waals surface area (Å²) in [5, 5.41) is 11.9. The molecule has 0 radical (unpaired) electrons. The highest BCUT2D eigenvalue weighted by molar-refractivity contribution is 5.72. The van der Waals surface area contributed by atoms with Crippen molar-refractivity contribution in [3.05, 3.63) is 35.9 Å². The molecule has 2 rings (SSSR count). The molecule has 2 N–H and O–H groups in total. The first-order valence-corrected chi connectivity index (χ1v) is 7.18. The van der Waals surface area contributed by atoms with Gasteiger partial charge in [-0.2, -0.15) is 0 Å². The van der Waals surface area contributed by atoms with Crippen molar-refractivity contribution in [3.63, 3.8) is 0 Å². The van der Waals surface area contributed by atoms with Gasteiger partial charge in [-0.25, -0.2) is 0 Å². The van der Waals surface area contributed by atoms with E-state index in [1.54, 1.807) is 6.92 Å². The minimum atomic E-state index is -0.766. The van der Waals surface area contributed by atoms with Gasteiger partial charge in [0, 0.05) is 0 Å². The lowest BCUT2D eigenvalue weighted by Crippen LogP contribution is -2.37. The van der Waals surface area contributed by atoms with Crippen LogP contribution < -0.4 is 5.32 Å². The second kappa shape index (κ2) is 6.71. The van der Waals surface area contributed by atoms with Gasteiger partial charge in [0.25, 0.3) is 0 Å². The molecule has 1 aliphatic rings. The molecule has 19 heavy (non-hydrogen) atoms. The van der Waals surface area contributed by atoms with Crippen LogP contribution in [0.3, 0.4) is 0 Å². The molecule has 1 saturated carbocycles. The zero-order valence-corrected chi connectivity index (χ0v) is 11.5. The van der Waals surface area contributed by atoms with Crippen molar-refractivity contribution in [2.45, 2.75) is 44.6 Å². The number of nitrogens with one attached hydrogen (secondary N) is 1. The molecule has 0 saturated heterocycles. The van der Waals surface area contributed by atoms with E-state index in [-0.39, 0.29) is 0 Å². The fourth-order valence-electron chi connectivity index (χ4n) is 2.86. The van der Waals surface area contributed by atoms with Crippen LogP contribution in [0.15, 0.2) is 30.3 Å². The van der Waals surface area contributed by atoms with E-state index in [0.717, 1.165) is 6.54 Å². The standard InChI is InChI=1S/C16H23NO2/c1-12(16(18)19)17-11-13-7-9-15(10-8-13)14-5-3-2-4-6-14/h2-6,12-13,15,17H,7-11H2,1H3,(H,18,19). The fraction of sp³-hybridized carbons (Fsp3) is 0.562. The van der Waals surface area contributed by atoms with Crippen molar-refractivity contribution in [1.82, 2.24) is 5.32 Å². The Morgan fingerprint density at radius 1 is 1.26 bits per heavy atom. The molecule has 0 heterocycles. The molecule has 0 bridgehead atoms. The van der Waals surface area contributed by atoms with Crippen LogP contribution in [0, 0.1) is 5.92 Å². The number of hydrogen-bond donors (Lipinski definition) is 2. The summed E-state index contributed by atoms with van der Waals surface area (Å²) in [5.41, 5.74) is 1.45. The third kappa shape index (κ3) is 4.06. The first kappa shape index (κ1) is 14.1. The van der Waals surface area contributed by atoms with Gasteiger partial charge >= 0.3 is 5.97 Å². The van der Waals surface area contributed by atoms with Crippen LogP contribution in [0.5, 0.6) is 0 Å². The van der Waals surface area contributed by atoms with E-state index in [9.17, 15) is 4.79 Å². The topological polar surface area (TPSA) is 49.3 Å². The SMILES string of the molecule is CC(NCC1CCC(c2ccccc2)CC1)C(=O)O. The molecule has 104 valence electrons. The smallest absolute Gasteiger partial charge is 0.320 e. The first-order chi connectivity index (χ1) is 9.16. The van der Waals surface area contributed by atoms with E-state index in [0.29, 0.717) is 11.8 Å². The molecule has 0 aliphatic heterocycles. The quantitative estimate of drug-likeness (QED) is 0.856. The number of carbonyl (C=O) groups is 1. The summed E-state index contributed by atoms with van der Waals surface area (Å²) in [5.74, 6) is 0.550. The van der Waals surface area contributed by atoms with E-state index in [4.69, 9.17) is 5.11 Å². The van der Waals surface area contributed by atoms with Crippen molar-refractivity contribution in [3.8, 4) is 0 Å². The summed E-state index contributed by atoms with van der Waals surface area (Å²) < 4.78 is 0. The predicted molar refractivity (Wildman–Crippen MR) is 76.2 cm³/mol. The van der Waals surface area contributed by atoms with Crippen LogP contribution >= 0.6 is 0 Å². The van der Waals surface area contributed by atoms with Gasteiger partial charge in [0.1, 0.15) is 6.04 Å². The van der Waals surface area contributed by atoms with E-state index in [2.05, 4.69) is 35.6 Å². The van der Waals surface area contributed by atoms with Crippen molar-refractivity contribution < 1.29 is 9.90 Å². The van der Waals surface area contributed by atoms with Crippen molar-refractivity contribution in [2.24, 2.45) is 5.92 Å². The largest absolute Gasteiger partial charge is 0.480 e. The summed E-state index contributed by atoms with van der Waals surface area (Å²) in [4.78, 5) is 10.7. The van der Waals surface area contributed by atoms with Crippen LogP contribution in [-0.2, 0) is 4.79 Å². The minimum absolute atomic E-state index is 0.438. The second-order valence-corrected chi connectivity index (χ2v) is 5.60. The summed E-state index contributed by atoms with van der Waals surface area (Å²) in [6.45, 7) is 2.53. The van der Waals surface area contributed by atoms with E-state index < -0.39 is 12.0 Å². The van der Waals surface area contributed by atoms with Gasteiger partial charge in [0.2, 0.25) is 0 Å². The molecule has 3 heteroatoms. The van der Waals surface area contributed by atoms with Gasteiger partial charge in [-0.1, -0.05) is 30.3 Å². The summed E-state index contributed by atoms with van der Waals surface area (Å²) in [7, 11) is 0. The Labute approximate surface area is 115 Å². The monoisotopic (exact) mass is 261 g/mol. The van der Waals surface area contributed by atoms with E-state index in [1.165, 1.54) is 31.2 Å². The number of aliphatic carboxylic acids is 1. The average Bonchev–Trinajstić information content (AvgIpc) is 2.46. The maximum atomic E-state index is 10.7. The van der Waals surface area contributed by atoms with Gasteiger partial charge in [-0.3, -0.25) is 4.79 Å². The zero-order valence-electron chi connectivity index (χ0n) is 11.5. The molecule has 1 aromatic carbocycles. The lowest BCUT2D eigenvalue weighted by Gasteiger charge is -2.29. The van der Waals surface area contributed by atoms with Crippen LogP contribution in [0.25, 0.3) is 0 Å². The highest BCUT2D eigenvalue weighted by Crippen LogP contribution is 2.35. The lowest BCUT2D eigenvalue weighted by molar-refractivity contribution is -0.139. The van der Waals surface area contributed by atoms with E-state index >= 15 is 0 Å². The maximum Gasteiger partial charge on any atom is 0.320 e. The maximum absolute atomic E-state index is 10.7. The Kier molecular flexibility index (Phi) is 4.97. The van der Waals surface area contributed by atoms with Gasteiger partial charge in [-0.15, -0.1) is 0 Å². The van der Waals surface area contributed by atoms with Gasteiger partial charge in [0.15, 0.2) is 0 Å². The van der Waals surface area contributed by atoms with Crippen molar-refractivity contribution in [2.75, 3.05) is 6.54 Å². The molecule has 1 atom stereocenters. The highest BCUT2D eigenvalue weighted by atomic mass is 16.4. The molecule has 1 aromatic rings. The molecular weight excluding hydrogens is 238 g/mol. The van der Waals surface area contributed by atoms with E-state index in [1.807, 2.05) is 0 Å². The normalized spacial score (nSPS) is 24.9. The third-order valence-corrected chi connectivity index (χ3v) is 4.20. The molecule has 1 fully saturated rings. The van der Waals surface area contributed by atoms with Crippen molar-refractivity contribution in [1.29, 1.82) is 0 Å². The summed E-state index contributed by atoms with van der Waals surface area (Å²) in [6, 6.07) is 10.3.